The van der Waals surface area contributed by atoms with Crippen LogP contribution in [0.3, 0.4) is 0 Å². The minimum atomic E-state index is -5.03. The molecule has 0 saturated carbocycles. The molecular formula is C40H50ClF3N8O7. The lowest BCUT2D eigenvalue weighted by Gasteiger charge is -2.42. The molecule has 3 N–H and O–H groups in total. The molecule has 6 rings (SSSR count). The van der Waals surface area contributed by atoms with Gasteiger partial charge in [0.1, 0.15) is 23.7 Å². The summed E-state index contributed by atoms with van der Waals surface area (Å²) in [4.78, 5) is 65.3. The second-order valence-corrected chi connectivity index (χ2v) is 16.4. The first kappa shape index (κ1) is 43.4. The molecule has 0 aliphatic carbocycles. The number of anilines is 1. The fourth-order valence-electron chi connectivity index (χ4n) is 7.69. The summed E-state index contributed by atoms with van der Waals surface area (Å²) in [5.74, 6) is -0.0696. The van der Waals surface area contributed by atoms with Crippen molar-refractivity contribution in [3.8, 4) is 28.1 Å². The number of carbonyl (C=O) groups is 4. The third-order valence-electron chi connectivity index (χ3n) is 10.6. The molecule has 59 heavy (non-hydrogen) atoms. The third kappa shape index (κ3) is 11.1. The van der Waals surface area contributed by atoms with E-state index in [4.69, 9.17) is 16.3 Å². The van der Waals surface area contributed by atoms with Gasteiger partial charge >= 0.3 is 24.6 Å². The predicted octanol–water partition coefficient (Wildman–Crippen LogP) is 7.11. The second kappa shape index (κ2) is 17.9. The number of aromatic nitrogens is 2. The minimum absolute atomic E-state index is 0.0206. The van der Waals surface area contributed by atoms with E-state index >= 15 is 0 Å². The first-order chi connectivity index (χ1) is 27.9. The molecule has 0 bridgehead atoms. The van der Waals surface area contributed by atoms with Crippen molar-refractivity contribution in [1.82, 2.24) is 34.9 Å². The molecule has 3 saturated heterocycles. The number of carbonyl (C=O) groups excluding carboxylic acids is 4. The Morgan fingerprint density at radius 3 is 2.24 bits per heavy atom. The van der Waals surface area contributed by atoms with Gasteiger partial charge in [0.25, 0.3) is 0 Å². The van der Waals surface area contributed by atoms with Gasteiger partial charge < -0.3 is 44.5 Å². The number of imidazole rings is 1. The Labute approximate surface area is 345 Å². The number of piperidine rings is 1. The highest BCUT2D eigenvalue weighted by atomic mass is 35.5. The van der Waals surface area contributed by atoms with Crippen LogP contribution >= 0.6 is 11.6 Å². The van der Waals surface area contributed by atoms with E-state index in [2.05, 4.69) is 35.0 Å². The summed E-state index contributed by atoms with van der Waals surface area (Å²) in [6, 6.07) is 8.45. The molecule has 15 nitrogen and oxygen atoms in total. The zero-order valence-electron chi connectivity index (χ0n) is 33.7. The Kier molecular flexibility index (Phi) is 13.2. The number of halogens is 4. The molecule has 2 aromatic carbocycles. The Morgan fingerprint density at radius 2 is 1.61 bits per heavy atom. The minimum Gasteiger partial charge on any atom is -0.453 e. The lowest BCUT2D eigenvalue weighted by Crippen LogP contribution is -2.55. The topological polar surface area (TPSA) is 162 Å². The van der Waals surface area contributed by atoms with Crippen molar-refractivity contribution >= 4 is 41.4 Å². The lowest BCUT2D eigenvalue weighted by molar-refractivity contribution is -0.274. The number of hydrogen-bond donors (Lipinski definition) is 3. The maximum absolute atomic E-state index is 13.7. The number of nitrogens with one attached hydrogen (secondary N) is 3. The van der Waals surface area contributed by atoms with Gasteiger partial charge in [-0.15, -0.1) is 13.2 Å². The van der Waals surface area contributed by atoms with Crippen molar-refractivity contribution in [2.75, 3.05) is 64.8 Å². The van der Waals surface area contributed by atoms with Crippen LogP contribution < -0.4 is 15.4 Å². The molecule has 1 aromatic heterocycles. The summed E-state index contributed by atoms with van der Waals surface area (Å²) in [5.41, 5.74) is 1.14. The molecule has 2 unspecified atom stereocenters. The van der Waals surface area contributed by atoms with Crippen LogP contribution in [0.2, 0.25) is 5.02 Å². The van der Waals surface area contributed by atoms with Crippen LogP contribution in [-0.4, -0.2) is 131 Å². The highest BCUT2D eigenvalue weighted by Gasteiger charge is 2.37. The Morgan fingerprint density at radius 1 is 0.949 bits per heavy atom. The summed E-state index contributed by atoms with van der Waals surface area (Å²) < 4.78 is 55.6. The molecule has 3 fully saturated rings. The number of alkyl halides is 3. The molecule has 3 aromatic rings. The van der Waals surface area contributed by atoms with Gasteiger partial charge in [0.2, 0.25) is 5.91 Å². The number of amides is 5. The number of urea groups is 1. The predicted molar refractivity (Wildman–Crippen MR) is 213 cm³/mol. The SMILES string of the molecule is COC(=O)NCC(=O)N1CC(C)CC1c1ncc(-c2ccc(-c3cc(Cl)c(NC(=O)N4CCN(C5CCN(C(=O)OC(C)(C)C)CC5)CC4)cc3OC(F)(F)F)cc2)[nH]1. The van der Waals surface area contributed by atoms with Gasteiger partial charge in [-0.2, -0.15) is 0 Å². The zero-order chi connectivity index (χ0) is 42.6. The summed E-state index contributed by atoms with van der Waals surface area (Å²) in [7, 11) is 1.22. The van der Waals surface area contributed by atoms with Crippen molar-refractivity contribution in [1.29, 1.82) is 0 Å². The van der Waals surface area contributed by atoms with E-state index in [1.165, 1.54) is 13.2 Å². The number of hydrogen-bond acceptors (Lipinski definition) is 9. The van der Waals surface area contributed by atoms with Crippen LogP contribution in [0, 0.1) is 5.92 Å². The molecule has 2 atom stereocenters. The van der Waals surface area contributed by atoms with E-state index in [1.807, 2.05) is 27.7 Å². The number of benzene rings is 2. The Balaban J connectivity index is 1.09. The Bertz CT molecular complexity index is 1990. The molecule has 0 spiro atoms. The number of likely N-dealkylation sites (tertiary alicyclic amines) is 2. The molecule has 3 aliphatic heterocycles. The average Bonchev–Trinajstić information content (AvgIpc) is 3.84. The quantitative estimate of drug-likeness (QED) is 0.215. The van der Waals surface area contributed by atoms with Crippen molar-refractivity contribution in [2.45, 2.75) is 71.0 Å². The first-order valence-electron chi connectivity index (χ1n) is 19.5. The van der Waals surface area contributed by atoms with E-state index in [0.29, 0.717) is 74.9 Å². The van der Waals surface area contributed by atoms with E-state index in [1.54, 1.807) is 45.2 Å². The number of piperazine rings is 1. The summed E-state index contributed by atoms with van der Waals surface area (Å²) in [5, 5.41) is 5.10. The number of methoxy groups -OCH3 is 1. The van der Waals surface area contributed by atoms with E-state index < -0.39 is 29.8 Å². The van der Waals surface area contributed by atoms with E-state index in [9.17, 15) is 32.3 Å². The number of H-pyrrole nitrogens is 1. The highest BCUT2D eigenvalue weighted by Crippen LogP contribution is 2.41. The third-order valence-corrected chi connectivity index (χ3v) is 10.9. The maximum Gasteiger partial charge on any atom is 0.573 e. The number of nitrogens with zero attached hydrogens (tertiary/aromatic N) is 5. The molecule has 320 valence electrons. The fraction of sp³-hybridized carbons (Fsp3) is 0.525. The van der Waals surface area contributed by atoms with Crippen LogP contribution in [0.1, 0.15) is 58.8 Å². The smallest absolute Gasteiger partial charge is 0.453 e. The molecule has 0 radical (unpaired) electrons. The number of alkyl carbamates (subject to hydrolysis) is 1. The van der Waals surface area contributed by atoms with E-state index in [0.717, 1.165) is 18.9 Å². The molecular weight excluding hydrogens is 797 g/mol. The summed E-state index contributed by atoms with van der Waals surface area (Å²) in [6.07, 6.45) is -2.22. The van der Waals surface area contributed by atoms with Crippen LogP contribution in [-0.2, 0) is 14.3 Å². The second-order valence-electron chi connectivity index (χ2n) is 16.0. The highest BCUT2D eigenvalue weighted by molar-refractivity contribution is 6.34. The Hall–Kier alpha value is -5.23. The van der Waals surface area contributed by atoms with Crippen molar-refractivity contribution in [2.24, 2.45) is 5.92 Å². The van der Waals surface area contributed by atoms with Gasteiger partial charge in [-0.1, -0.05) is 42.8 Å². The first-order valence-corrected chi connectivity index (χ1v) is 19.9. The van der Waals surface area contributed by atoms with Crippen molar-refractivity contribution < 1.29 is 46.6 Å². The van der Waals surface area contributed by atoms with Crippen LogP contribution in [0.5, 0.6) is 5.75 Å². The number of ether oxygens (including phenoxy) is 3. The average molecular weight is 847 g/mol. The molecule has 19 heteroatoms. The van der Waals surface area contributed by atoms with Gasteiger partial charge in [-0.3, -0.25) is 9.69 Å². The largest absolute Gasteiger partial charge is 0.573 e. The summed E-state index contributed by atoms with van der Waals surface area (Å²) >= 11 is 6.60. The maximum atomic E-state index is 13.7. The molecule has 4 heterocycles. The molecule has 3 aliphatic rings. The van der Waals surface area contributed by atoms with Crippen molar-refractivity contribution in [3.63, 3.8) is 0 Å². The normalized spacial score (nSPS) is 19.4. The zero-order valence-corrected chi connectivity index (χ0v) is 34.4. The molecule has 5 amide bonds. The van der Waals surface area contributed by atoms with Gasteiger partial charge in [0.15, 0.2) is 0 Å². The van der Waals surface area contributed by atoms with Crippen LogP contribution in [0.15, 0.2) is 42.6 Å². The van der Waals surface area contributed by atoms with E-state index in [-0.39, 0.29) is 52.8 Å². The van der Waals surface area contributed by atoms with Gasteiger partial charge in [-0.25, -0.2) is 19.4 Å². The van der Waals surface area contributed by atoms with Gasteiger partial charge in [-0.05, 0) is 63.1 Å². The number of rotatable bonds is 8. The van der Waals surface area contributed by atoms with Gasteiger partial charge in [0.05, 0.1) is 35.8 Å². The lowest BCUT2D eigenvalue weighted by atomic mass is 10.0. The number of aromatic amines is 1. The fourth-order valence-corrected chi connectivity index (χ4v) is 7.90. The van der Waals surface area contributed by atoms with Crippen LogP contribution in [0.4, 0.5) is 33.2 Å². The van der Waals surface area contributed by atoms with Crippen molar-refractivity contribution in [3.05, 3.63) is 53.4 Å². The standard InChI is InChI=1S/C40H50ClF3N8O7/c1-24-18-32(52(23-24)34(53)22-46-37(55)57-5)35-45-21-31(47-35)26-8-6-25(7-9-26)28-19-29(41)30(20-33(28)58-40(42,43)44)48-36(54)50-16-14-49(15-17-50)27-10-12-51(13-11-27)38(56)59-39(2,3)4/h6-9,19-21,24,27,32H,10-18,22-23H2,1-5H3,(H,45,47)(H,46,55)(H,48,54). The summed E-state index contributed by atoms with van der Waals surface area (Å²) in [6.45, 7) is 10.9. The monoisotopic (exact) mass is 846 g/mol. The van der Waals surface area contributed by atoms with Crippen LogP contribution in [0.25, 0.3) is 22.4 Å². The van der Waals surface area contributed by atoms with Gasteiger partial charge in [0, 0.05) is 63.5 Å².